The van der Waals surface area contributed by atoms with Crippen LogP contribution in [0.2, 0.25) is 0 Å². The lowest BCUT2D eigenvalue weighted by Gasteiger charge is -2.50. The van der Waals surface area contributed by atoms with Gasteiger partial charge in [-0.15, -0.1) is 0 Å². The summed E-state index contributed by atoms with van der Waals surface area (Å²) in [7, 11) is 0. The average molecular weight is 390 g/mol. The zero-order chi connectivity index (χ0) is 19.5. The molecule has 4 fully saturated rings. The highest BCUT2D eigenvalue weighted by molar-refractivity contribution is 4.93. The van der Waals surface area contributed by atoms with Crippen molar-refractivity contribution in [3.05, 3.63) is 0 Å². The van der Waals surface area contributed by atoms with Gasteiger partial charge in [0, 0.05) is 18.1 Å². The number of aliphatic hydroxyl groups excluding tert-OH is 1. The van der Waals surface area contributed by atoms with Gasteiger partial charge in [-0.25, -0.2) is 0 Å². The van der Waals surface area contributed by atoms with Crippen molar-refractivity contribution in [1.82, 2.24) is 4.90 Å². The molecule has 0 heterocycles. The topological polar surface area (TPSA) is 23.5 Å². The summed E-state index contributed by atoms with van der Waals surface area (Å²) in [5.41, 5.74) is 0. The first-order valence-corrected chi connectivity index (χ1v) is 13.1. The molecule has 0 amide bonds. The molecule has 0 aromatic heterocycles. The van der Waals surface area contributed by atoms with Crippen LogP contribution in [0.3, 0.4) is 0 Å². The summed E-state index contributed by atoms with van der Waals surface area (Å²) in [4.78, 5) is 3.12. The highest BCUT2D eigenvalue weighted by Gasteiger charge is 2.38. The Bertz CT molecular complexity index is 425. The van der Waals surface area contributed by atoms with Crippen LogP contribution in [0.4, 0.5) is 0 Å². The van der Waals surface area contributed by atoms with Crippen molar-refractivity contribution >= 4 is 0 Å². The summed E-state index contributed by atoms with van der Waals surface area (Å²) < 4.78 is 0. The molecule has 0 radical (unpaired) electrons. The van der Waals surface area contributed by atoms with E-state index in [9.17, 15) is 5.11 Å². The highest BCUT2D eigenvalue weighted by atomic mass is 16.3. The second-order valence-corrected chi connectivity index (χ2v) is 11.4. The predicted molar refractivity (Wildman–Crippen MR) is 118 cm³/mol. The molecule has 2 heteroatoms. The van der Waals surface area contributed by atoms with E-state index in [1.165, 1.54) is 89.9 Å². The van der Waals surface area contributed by atoms with Gasteiger partial charge in [0.05, 0.1) is 6.10 Å². The zero-order valence-corrected chi connectivity index (χ0v) is 18.8. The molecule has 0 saturated heterocycles. The Hall–Kier alpha value is -0.0800. The van der Waals surface area contributed by atoms with E-state index in [0.29, 0.717) is 0 Å². The Morgan fingerprint density at radius 2 is 0.786 bits per heavy atom. The molecule has 4 aliphatic rings. The normalized spacial score (nSPS) is 45.9. The maximum Gasteiger partial charge on any atom is 0.0540 e. The summed E-state index contributed by atoms with van der Waals surface area (Å²) in [5.74, 6) is 3.80. The van der Waals surface area contributed by atoms with E-state index >= 15 is 0 Å². The van der Waals surface area contributed by atoms with Crippen molar-refractivity contribution in [2.75, 3.05) is 0 Å². The molecule has 4 rings (SSSR count). The first-order valence-electron chi connectivity index (χ1n) is 13.1. The van der Waals surface area contributed by atoms with Crippen LogP contribution in [0, 0.1) is 23.7 Å². The maximum absolute atomic E-state index is 9.86. The van der Waals surface area contributed by atoms with E-state index in [-0.39, 0.29) is 6.10 Å². The van der Waals surface area contributed by atoms with Crippen molar-refractivity contribution < 1.29 is 5.11 Å². The third-order valence-electron chi connectivity index (χ3n) is 9.39. The molecule has 28 heavy (non-hydrogen) atoms. The lowest BCUT2D eigenvalue weighted by Crippen LogP contribution is -2.52. The predicted octanol–water partition coefficient (Wildman–Crippen LogP) is 6.56. The SMILES string of the molecule is CC1CCC(N(C2CCC(C)CC2)C2CCC(C3CCC(O)CC3)CC2)CC1. The van der Waals surface area contributed by atoms with Crippen LogP contribution in [0.1, 0.15) is 117 Å². The van der Waals surface area contributed by atoms with E-state index < -0.39 is 0 Å². The first kappa shape index (κ1) is 21.2. The van der Waals surface area contributed by atoms with E-state index in [1.54, 1.807) is 0 Å². The van der Waals surface area contributed by atoms with Gasteiger partial charge in [0.2, 0.25) is 0 Å². The Morgan fingerprint density at radius 1 is 0.464 bits per heavy atom. The van der Waals surface area contributed by atoms with Gasteiger partial charge in [-0.2, -0.15) is 0 Å². The molecule has 4 aliphatic carbocycles. The molecule has 0 bridgehead atoms. The third kappa shape index (κ3) is 5.15. The molecule has 0 aliphatic heterocycles. The van der Waals surface area contributed by atoms with Crippen LogP contribution >= 0.6 is 0 Å². The highest BCUT2D eigenvalue weighted by Crippen LogP contribution is 2.42. The Morgan fingerprint density at radius 3 is 1.18 bits per heavy atom. The minimum atomic E-state index is 0.00506. The Kier molecular flexibility index (Phi) is 7.42. The lowest BCUT2D eigenvalue weighted by molar-refractivity contribution is -0.00261. The molecule has 0 spiro atoms. The standard InChI is InChI=1S/C26H47NO/c1-19-3-11-23(12-4-19)27(24-13-5-20(2)6-14-24)25-15-7-21(8-16-25)22-9-17-26(28)18-10-22/h19-26,28H,3-18H2,1-2H3. The van der Waals surface area contributed by atoms with Crippen LogP contribution in [0.25, 0.3) is 0 Å². The van der Waals surface area contributed by atoms with Crippen molar-refractivity contribution in [3.63, 3.8) is 0 Å². The molecular weight excluding hydrogens is 342 g/mol. The molecule has 2 nitrogen and oxygen atoms in total. The van der Waals surface area contributed by atoms with Crippen LogP contribution in [-0.4, -0.2) is 34.2 Å². The number of aliphatic hydroxyl groups is 1. The van der Waals surface area contributed by atoms with Crippen LogP contribution in [0.15, 0.2) is 0 Å². The van der Waals surface area contributed by atoms with Gasteiger partial charge in [-0.05, 0) is 126 Å². The van der Waals surface area contributed by atoms with Gasteiger partial charge in [0.25, 0.3) is 0 Å². The number of hydrogen-bond acceptors (Lipinski definition) is 2. The van der Waals surface area contributed by atoms with Crippen LogP contribution in [0.5, 0.6) is 0 Å². The monoisotopic (exact) mass is 389 g/mol. The van der Waals surface area contributed by atoms with Gasteiger partial charge >= 0.3 is 0 Å². The number of hydrogen-bond donors (Lipinski definition) is 1. The van der Waals surface area contributed by atoms with Crippen molar-refractivity contribution in [2.24, 2.45) is 23.7 Å². The maximum atomic E-state index is 9.86. The average Bonchev–Trinajstić information content (AvgIpc) is 2.72. The molecule has 0 atom stereocenters. The van der Waals surface area contributed by atoms with Gasteiger partial charge in [-0.1, -0.05) is 13.8 Å². The summed E-state index contributed by atoms with van der Waals surface area (Å²) >= 11 is 0. The minimum absolute atomic E-state index is 0.00506. The second-order valence-electron chi connectivity index (χ2n) is 11.4. The first-order chi connectivity index (χ1) is 13.6. The molecule has 1 N–H and O–H groups in total. The Balaban J connectivity index is 1.36. The number of rotatable bonds is 4. The van der Waals surface area contributed by atoms with Crippen molar-refractivity contribution in [2.45, 2.75) is 141 Å². The quantitative estimate of drug-likeness (QED) is 0.589. The van der Waals surface area contributed by atoms with Crippen molar-refractivity contribution in [3.8, 4) is 0 Å². The van der Waals surface area contributed by atoms with E-state index in [1.807, 2.05) is 0 Å². The summed E-state index contributed by atoms with van der Waals surface area (Å²) in [6, 6.07) is 2.66. The minimum Gasteiger partial charge on any atom is -0.393 e. The molecule has 4 saturated carbocycles. The fourth-order valence-electron chi connectivity index (χ4n) is 7.42. The summed E-state index contributed by atoms with van der Waals surface area (Å²) in [5, 5.41) is 9.86. The summed E-state index contributed by atoms with van der Waals surface area (Å²) in [6.07, 6.45) is 22.3. The zero-order valence-electron chi connectivity index (χ0n) is 18.8. The summed E-state index contributed by atoms with van der Waals surface area (Å²) in [6.45, 7) is 4.93. The van der Waals surface area contributed by atoms with Crippen LogP contribution < -0.4 is 0 Å². The van der Waals surface area contributed by atoms with Gasteiger partial charge in [0.15, 0.2) is 0 Å². The second kappa shape index (κ2) is 9.82. The van der Waals surface area contributed by atoms with E-state index in [2.05, 4.69) is 18.7 Å². The molecule has 0 unspecified atom stereocenters. The molecule has 162 valence electrons. The largest absolute Gasteiger partial charge is 0.393 e. The smallest absolute Gasteiger partial charge is 0.0540 e. The van der Waals surface area contributed by atoms with Crippen LogP contribution in [-0.2, 0) is 0 Å². The molecule has 0 aromatic carbocycles. The van der Waals surface area contributed by atoms with E-state index in [0.717, 1.165) is 54.6 Å². The molecule has 0 aromatic rings. The van der Waals surface area contributed by atoms with Gasteiger partial charge in [0.1, 0.15) is 0 Å². The van der Waals surface area contributed by atoms with Gasteiger partial charge in [-0.3, -0.25) is 4.90 Å². The number of nitrogens with zero attached hydrogens (tertiary/aromatic N) is 1. The molecular formula is C26H47NO. The van der Waals surface area contributed by atoms with E-state index in [4.69, 9.17) is 0 Å². The lowest BCUT2D eigenvalue weighted by atomic mass is 9.71. The third-order valence-corrected chi connectivity index (χ3v) is 9.39. The van der Waals surface area contributed by atoms with Crippen molar-refractivity contribution in [1.29, 1.82) is 0 Å². The fourth-order valence-corrected chi connectivity index (χ4v) is 7.42. The Labute approximate surface area is 174 Å². The fraction of sp³-hybridized carbons (Fsp3) is 1.00. The van der Waals surface area contributed by atoms with Gasteiger partial charge < -0.3 is 5.11 Å².